The van der Waals surface area contributed by atoms with Gasteiger partial charge < -0.3 is 5.32 Å². The van der Waals surface area contributed by atoms with Gasteiger partial charge in [0.1, 0.15) is 12.1 Å². The van der Waals surface area contributed by atoms with Crippen molar-refractivity contribution in [1.29, 1.82) is 0 Å². The van der Waals surface area contributed by atoms with Crippen molar-refractivity contribution < 1.29 is 0 Å². The van der Waals surface area contributed by atoms with Crippen molar-refractivity contribution in [3.63, 3.8) is 0 Å². The molecule has 0 saturated heterocycles. The van der Waals surface area contributed by atoms with E-state index >= 15 is 0 Å². The Kier molecular flexibility index (Phi) is 2.64. The summed E-state index contributed by atoms with van der Waals surface area (Å²) in [6, 6.07) is 0. The van der Waals surface area contributed by atoms with E-state index in [1.807, 2.05) is 0 Å². The molecular formula is C9H12ClN3. The van der Waals surface area contributed by atoms with E-state index in [0.29, 0.717) is 5.88 Å². The van der Waals surface area contributed by atoms with Gasteiger partial charge in [0.15, 0.2) is 0 Å². The first-order valence-electron chi connectivity index (χ1n) is 4.54. The van der Waals surface area contributed by atoms with Gasteiger partial charge in [0, 0.05) is 23.7 Å². The van der Waals surface area contributed by atoms with Crippen LogP contribution >= 0.6 is 11.6 Å². The van der Waals surface area contributed by atoms with Crippen molar-refractivity contribution in [2.24, 2.45) is 0 Å². The van der Waals surface area contributed by atoms with E-state index in [1.165, 1.54) is 17.7 Å². The van der Waals surface area contributed by atoms with Crippen LogP contribution in [0.4, 0.5) is 5.82 Å². The molecule has 0 aromatic carbocycles. The summed E-state index contributed by atoms with van der Waals surface area (Å²) in [7, 11) is 0. The molecule has 1 aliphatic carbocycles. The molecule has 1 aliphatic rings. The molecule has 1 aromatic heterocycles. The van der Waals surface area contributed by atoms with Crippen LogP contribution in [-0.4, -0.2) is 22.4 Å². The fourth-order valence-electron chi connectivity index (χ4n) is 1.68. The standard InChI is InChI=1S/C9H12ClN3/c10-4-5-11-9-7-2-1-3-8(7)12-6-13-9/h6H,1-5H2,(H,11,12,13). The van der Waals surface area contributed by atoms with E-state index in [-0.39, 0.29) is 0 Å². The maximum absolute atomic E-state index is 5.60. The second-order valence-electron chi connectivity index (χ2n) is 3.12. The quantitative estimate of drug-likeness (QED) is 0.749. The van der Waals surface area contributed by atoms with Crippen LogP contribution in [-0.2, 0) is 12.8 Å². The summed E-state index contributed by atoms with van der Waals surface area (Å²) in [5, 5.41) is 3.21. The normalized spacial score (nSPS) is 14.2. The third kappa shape index (κ3) is 1.75. The average molecular weight is 198 g/mol. The highest BCUT2D eigenvalue weighted by Gasteiger charge is 2.16. The van der Waals surface area contributed by atoms with Gasteiger partial charge in [-0.05, 0) is 19.3 Å². The minimum atomic E-state index is 0.610. The minimum Gasteiger partial charge on any atom is -0.369 e. The molecule has 0 radical (unpaired) electrons. The van der Waals surface area contributed by atoms with E-state index in [9.17, 15) is 0 Å². The molecular weight excluding hydrogens is 186 g/mol. The predicted octanol–water partition coefficient (Wildman–Crippen LogP) is 1.62. The summed E-state index contributed by atoms with van der Waals surface area (Å²) >= 11 is 5.60. The predicted molar refractivity (Wildman–Crippen MR) is 53.3 cm³/mol. The molecule has 0 atom stereocenters. The molecule has 0 bridgehead atoms. The van der Waals surface area contributed by atoms with Crippen LogP contribution in [0.5, 0.6) is 0 Å². The third-order valence-electron chi connectivity index (χ3n) is 2.26. The zero-order chi connectivity index (χ0) is 9.10. The van der Waals surface area contributed by atoms with Gasteiger partial charge in [0.2, 0.25) is 0 Å². The van der Waals surface area contributed by atoms with Crippen LogP contribution in [0.1, 0.15) is 17.7 Å². The van der Waals surface area contributed by atoms with Gasteiger partial charge >= 0.3 is 0 Å². The molecule has 0 unspecified atom stereocenters. The number of aryl methyl sites for hydroxylation is 1. The highest BCUT2D eigenvalue weighted by Crippen LogP contribution is 2.24. The molecule has 70 valence electrons. The van der Waals surface area contributed by atoms with Gasteiger partial charge in [0.05, 0.1) is 0 Å². The molecule has 13 heavy (non-hydrogen) atoms. The molecule has 0 fully saturated rings. The summed E-state index contributed by atoms with van der Waals surface area (Å²) in [6.07, 6.45) is 5.01. The Morgan fingerprint density at radius 3 is 3.15 bits per heavy atom. The lowest BCUT2D eigenvalue weighted by molar-refractivity contribution is 0.899. The zero-order valence-electron chi connectivity index (χ0n) is 7.39. The topological polar surface area (TPSA) is 37.8 Å². The SMILES string of the molecule is ClCCNc1ncnc2c1CCC2. The number of rotatable bonds is 3. The summed E-state index contributed by atoms with van der Waals surface area (Å²) in [5.74, 6) is 1.59. The van der Waals surface area contributed by atoms with Gasteiger partial charge in [-0.3, -0.25) is 0 Å². The number of fused-ring (bicyclic) bond motifs is 1. The van der Waals surface area contributed by atoms with E-state index in [4.69, 9.17) is 11.6 Å². The number of halogens is 1. The van der Waals surface area contributed by atoms with E-state index in [0.717, 1.165) is 25.2 Å². The zero-order valence-corrected chi connectivity index (χ0v) is 8.14. The maximum atomic E-state index is 5.60. The van der Waals surface area contributed by atoms with Crippen molar-refractivity contribution in [1.82, 2.24) is 9.97 Å². The Balaban J connectivity index is 2.20. The first-order valence-corrected chi connectivity index (χ1v) is 5.08. The second-order valence-corrected chi connectivity index (χ2v) is 3.49. The summed E-state index contributed by atoms with van der Waals surface area (Å²) in [5.41, 5.74) is 2.49. The van der Waals surface area contributed by atoms with Crippen molar-refractivity contribution in [3.05, 3.63) is 17.6 Å². The fraction of sp³-hybridized carbons (Fsp3) is 0.556. The number of aromatic nitrogens is 2. The highest BCUT2D eigenvalue weighted by atomic mass is 35.5. The number of nitrogens with zero attached hydrogens (tertiary/aromatic N) is 2. The molecule has 3 nitrogen and oxygen atoms in total. The number of anilines is 1. The lowest BCUT2D eigenvalue weighted by Gasteiger charge is -2.07. The lowest BCUT2D eigenvalue weighted by atomic mass is 10.2. The summed E-state index contributed by atoms with van der Waals surface area (Å²) in [6.45, 7) is 0.769. The van der Waals surface area contributed by atoms with Crippen LogP contribution in [0.15, 0.2) is 6.33 Å². The molecule has 0 saturated carbocycles. The molecule has 0 spiro atoms. The Morgan fingerprint density at radius 1 is 1.38 bits per heavy atom. The van der Waals surface area contributed by atoms with Crippen LogP contribution in [0.2, 0.25) is 0 Å². The molecule has 2 rings (SSSR count). The largest absolute Gasteiger partial charge is 0.369 e. The lowest BCUT2D eigenvalue weighted by Crippen LogP contribution is -2.07. The Hall–Kier alpha value is -0.830. The van der Waals surface area contributed by atoms with Crippen molar-refractivity contribution >= 4 is 17.4 Å². The van der Waals surface area contributed by atoms with Gasteiger partial charge in [-0.2, -0.15) is 0 Å². The summed E-state index contributed by atoms with van der Waals surface area (Å²) in [4.78, 5) is 8.45. The van der Waals surface area contributed by atoms with Gasteiger partial charge in [-0.15, -0.1) is 11.6 Å². The Bertz CT molecular complexity index is 301. The fourth-order valence-corrected chi connectivity index (χ4v) is 1.77. The Morgan fingerprint density at radius 2 is 2.31 bits per heavy atom. The van der Waals surface area contributed by atoms with Crippen molar-refractivity contribution in [2.75, 3.05) is 17.7 Å². The van der Waals surface area contributed by atoms with Gasteiger partial charge in [-0.1, -0.05) is 0 Å². The third-order valence-corrected chi connectivity index (χ3v) is 2.45. The van der Waals surface area contributed by atoms with Crippen LogP contribution in [0.3, 0.4) is 0 Å². The Labute approximate surface area is 82.5 Å². The van der Waals surface area contributed by atoms with Crippen molar-refractivity contribution in [2.45, 2.75) is 19.3 Å². The number of hydrogen-bond donors (Lipinski definition) is 1. The maximum Gasteiger partial charge on any atom is 0.132 e. The van der Waals surface area contributed by atoms with Crippen LogP contribution in [0, 0.1) is 0 Å². The van der Waals surface area contributed by atoms with E-state index in [1.54, 1.807) is 6.33 Å². The number of hydrogen-bond acceptors (Lipinski definition) is 3. The first kappa shape index (κ1) is 8.75. The second kappa shape index (κ2) is 3.92. The van der Waals surface area contributed by atoms with Gasteiger partial charge in [0.25, 0.3) is 0 Å². The van der Waals surface area contributed by atoms with Gasteiger partial charge in [-0.25, -0.2) is 9.97 Å². The van der Waals surface area contributed by atoms with Crippen molar-refractivity contribution in [3.8, 4) is 0 Å². The summed E-state index contributed by atoms with van der Waals surface area (Å²) < 4.78 is 0. The molecule has 1 aromatic rings. The van der Waals surface area contributed by atoms with E-state index < -0.39 is 0 Å². The smallest absolute Gasteiger partial charge is 0.132 e. The monoisotopic (exact) mass is 197 g/mol. The number of alkyl halides is 1. The highest BCUT2D eigenvalue weighted by molar-refractivity contribution is 6.18. The molecule has 1 N–H and O–H groups in total. The first-order chi connectivity index (χ1) is 6.42. The van der Waals surface area contributed by atoms with Crippen LogP contribution in [0.25, 0.3) is 0 Å². The number of nitrogens with one attached hydrogen (secondary N) is 1. The molecule has 0 amide bonds. The molecule has 1 heterocycles. The molecule has 0 aliphatic heterocycles. The minimum absolute atomic E-state index is 0.610. The molecule has 4 heteroatoms. The van der Waals surface area contributed by atoms with E-state index in [2.05, 4.69) is 15.3 Å². The van der Waals surface area contributed by atoms with Crippen LogP contribution < -0.4 is 5.32 Å². The average Bonchev–Trinajstić information content (AvgIpc) is 2.62.